The number of carbonyl (C=O) groups excluding carboxylic acids is 3. The first-order valence-corrected chi connectivity index (χ1v) is 17.5. The fourth-order valence-electron chi connectivity index (χ4n) is 7.15. The number of carbonyl (C=O) groups is 3. The minimum atomic E-state index is -0.796. The summed E-state index contributed by atoms with van der Waals surface area (Å²) < 4.78 is 0. The Morgan fingerprint density at radius 3 is 2.43 bits per heavy atom. The minimum absolute atomic E-state index is 0.0366. The van der Waals surface area contributed by atoms with Crippen LogP contribution in [0.2, 0.25) is 5.02 Å². The predicted molar refractivity (Wildman–Crippen MR) is 182 cm³/mol. The fourth-order valence-corrected chi connectivity index (χ4v) is 8.17. The molecule has 0 spiro atoms. The summed E-state index contributed by atoms with van der Waals surface area (Å²) in [6.07, 6.45) is 9.53. The van der Waals surface area contributed by atoms with Crippen LogP contribution in [0.1, 0.15) is 42.4 Å². The van der Waals surface area contributed by atoms with E-state index in [1.165, 1.54) is 0 Å². The number of piperidine rings is 2. The summed E-state index contributed by atoms with van der Waals surface area (Å²) in [6.45, 7) is 6.62. The van der Waals surface area contributed by atoms with Crippen LogP contribution in [-0.2, 0) is 17.8 Å². The third-order valence-electron chi connectivity index (χ3n) is 9.99. The average Bonchev–Trinajstić information content (AvgIpc) is 3.53. The van der Waals surface area contributed by atoms with Crippen molar-refractivity contribution in [2.45, 2.75) is 56.8 Å². The average molecular weight is 667 g/mol. The van der Waals surface area contributed by atoms with Crippen molar-refractivity contribution in [2.75, 3.05) is 70.5 Å². The molecular formula is C33H43ClN8O3S. The number of rotatable bonds is 6. The van der Waals surface area contributed by atoms with Gasteiger partial charge in [-0.05, 0) is 68.9 Å². The van der Waals surface area contributed by atoms with Crippen LogP contribution < -0.4 is 16.4 Å². The number of nitrogens with zero attached hydrogens (tertiary/aromatic N) is 5. The highest BCUT2D eigenvalue weighted by molar-refractivity contribution is 7.08. The minimum Gasteiger partial charge on any atom is -0.397 e. The van der Waals surface area contributed by atoms with Gasteiger partial charge in [0.05, 0.1) is 22.9 Å². The molecule has 1 aromatic heterocycles. The molecule has 1 aromatic carbocycles. The number of nitrogens with one attached hydrogen (secondary N) is 2. The Balaban J connectivity index is 1.10. The van der Waals surface area contributed by atoms with Crippen LogP contribution in [0.4, 0.5) is 21.0 Å². The van der Waals surface area contributed by atoms with Crippen molar-refractivity contribution in [3.63, 3.8) is 0 Å². The van der Waals surface area contributed by atoms with Crippen molar-refractivity contribution in [3.05, 3.63) is 44.6 Å². The zero-order chi connectivity index (χ0) is 32.4. The first-order chi connectivity index (χ1) is 22.2. The van der Waals surface area contributed by atoms with Gasteiger partial charge in [-0.25, -0.2) is 9.59 Å². The van der Waals surface area contributed by atoms with E-state index in [0.29, 0.717) is 67.9 Å². The topological polar surface area (TPSA) is 117 Å². The van der Waals surface area contributed by atoms with E-state index in [2.05, 4.69) is 38.8 Å². The quantitative estimate of drug-likeness (QED) is 0.322. The first kappa shape index (κ1) is 32.4. The highest BCUT2D eigenvalue weighted by Crippen LogP contribution is 2.31. The third kappa shape index (κ3) is 7.08. The zero-order valence-corrected chi connectivity index (χ0v) is 27.9. The van der Waals surface area contributed by atoms with E-state index in [1.54, 1.807) is 28.4 Å². The van der Waals surface area contributed by atoms with Gasteiger partial charge in [0.2, 0.25) is 5.91 Å². The van der Waals surface area contributed by atoms with Gasteiger partial charge in [0.25, 0.3) is 0 Å². The van der Waals surface area contributed by atoms with E-state index in [-0.39, 0.29) is 30.4 Å². The maximum absolute atomic E-state index is 14.0. The van der Waals surface area contributed by atoms with E-state index >= 15 is 0 Å². The van der Waals surface area contributed by atoms with Crippen LogP contribution in [-0.4, -0.2) is 120 Å². The number of likely N-dealkylation sites (tertiary alicyclic amines) is 2. The van der Waals surface area contributed by atoms with Crippen LogP contribution in [0.3, 0.4) is 0 Å². The molecule has 0 saturated carbocycles. The van der Waals surface area contributed by atoms with Gasteiger partial charge in [-0.3, -0.25) is 9.69 Å². The van der Waals surface area contributed by atoms with Gasteiger partial charge in [0.1, 0.15) is 6.04 Å². The molecular weight excluding hydrogens is 624 g/mol. The summed E-state index contributed by atoms with van der Waals surface area (Å²) in [7, 11) is 2.16. The molecule has 4 aliphatic heterocycles. The van der Waals surface area contributed by atoms with Crippen molar-refractivity contribution in [1.29, 1.82) is 0 Å². The third-order valence-corrected chi connectivity index (χ3v) is 11.1. The van der Waals surface area contributed by atoms with Crippen LogP contribution >= 0.6 is 22.9 Å². The van der Waals surface area contributed by atoms with Crippen LogP contribution in [0.25, 0.3) is 0 Å². The maximum Gasteiger partial charge on any atom is 0.322 e. The Bertz CT molecular complexity index is 1490. The van der Waals surface area contributed by atoms with Gasteiger partial charge in [0.15, 0.2) is 0 Å². The Labute approximate surface area is 280 Å². The lowest BCUT2D eigenvalue weighted by Gasteiger charge is -2.43. The molecule has 4 aliphatic rings. The van der Waals surface area contributed by atoms with Gasteiger partial charge in [0, 0.05) is 74.3 Å². The number of nitrogen functional groups attached to an aromatic ring is 1. The largest absolute Gasteiger partial charge is 0.397 e. The molecule has 4 N–H and O–H groups in total. The standard InChI is InChI=1S/C33H43ClN8O3S/c1-3-23-16-22(17-27(34)30(23)35)18-28(31(43)40-14-12-39(13-15-40)25-4-8-38(2)9-5-25)36-32(44)41-10-6-26(7-11-41)42-19-24-20-46-21-29(24)37-33(42)45/h1,16-17,20-21,25-26,28H,4-15,18-19,35H2,2H3,(H,36,44)(H,37,45)/t28-/m1/s1. The molecule has 0 aliphatic carbocycles. The second-order valence-corrected chi connectivity index (χ2v) is 14.0. The van der Waals surface area contributed by atoms with Gasteiger partial charge in [-0.1, -0.05) is 17.5 Å². The van der Waals surface area contributed by atoms with E-state index in [0.717, 1.165) is 55.8 Å². The first-order valence-electron chi connectivity index (χ1n) is 16.1. The Hall–Kier alpha value is -3.50. The Morgan fingerprint density at radius 2 is 1.74 bits per heavy atom. The number of amides is 5. The molecule has 11 nitrogen and oxygen atoms in total. The lowest BCUT2D eigenvalue weighted by Crippen LogP contribution is -2.59. The van der Waals surface area contributed by atoms with E-state index < -0.39 is 6.04 Å². The highest BCUT2D eigenvalue weighted by atomic mass is 35.5. The molecule has 6 rings (SSSR count). The number of hydrogen-bond acceptors (Lipinski definition) is 7. The summed E-state index contributed by atoms with van der Waals surface area (Å²) in [5.41, 5.74) is 9.59. The van der Waals surface area contributed by atoms with Crippen molar-refractivity contribution in [1.82, 2.24) is 29.8 Å². The normalized spacial score (nSPS) is 21.0. The number of nitrogens with two attached hydrogens (primary N) is 1. The number of piperazine rings is 1. The van der Waals surface area contributed by atoms with Crippen LogP contribution in [0.15, 0.2) is 22.9 Å². The molecule has 3 saturated heterocycles. The van der Waals surface area contributed by atoms with Gasteiger partial charge in [-0.2, -0.15) is 0 Å². The number of fused-ring (bicyclic) bond motifs is 1. The Morgan fingerprint density at radius 1 is 1.04 bits per heavy atom. The second kappa shape index (κ2) is 14.1. The van der Waals surface area contributed by atoms with Gasteiger partial charge < -0.3 is 36.0 Å². The molecule has 46 heavy (non-hydrogen) atoms. The smallest absolute Gasteiger partial charge is 0.322 e. The number of hydrogen-bond donors (Lipinski definition) is 3. The van der Waals surface area contributed by atoms with Crippen molar-refractivity contribution >= 4 is 52.3 Å². The molecule has 5 heterocycles. The van der Waals surface area contributed by atoms with Crippen molar-refractivity contribution in [3.8, 4) is 12.3 Å². The molecule has 3 fully saturated rings. The van der Waals surface area contributed by atoms with Crippen molar-refractivity contribution in [2.24, 2.45) is 0 Å². The summed E-state index contributed by atoms with van der Waals surface area (Å²) in [5.74, 6) is 2.46. The molecule has 246 valence electrons. The summed E-state index contributed by atoms with van der Waals surface area (Å²) >= 11 is 7.97. The number of anilines is 2. The predicted octanol–water partition coefficient (Wildman–Crippen LogP) is 3.34. The van der Waals surface area contributed by atoms with E-state index in [9.17, 15) is 14.4 Å². The molecule has 1 atom stereocenters. The number of benzene rings is 1. The number of thiophene rings is 1. The van der Waals surface area contributed by atoms with Crippen LogP contribution in [0, 0.1) is 12.3 Å². The second-order valence-electron chi connectivity index (χ2n) is 12.9. The number of terminal acetylenes is 1. The number of halogens is 1. The Kier molecular flexibility index (Phi) is 9.94. The van der Waals surface area contributed by atoms with E-state index in [1.807, 2.05) is 15.2 Å². The van der Waals surface area contributed by atoms with Crippen LogP contribution in [0.5, 0.6) is 0 Å². The summed E-state index contributed by atoms with van der Waals surface area (Å²) in [6, 6.07) is 2.89. The highest BCUT2D eigenvalue weighted by Gasteiger charge is 2.36. The molecule has 0 bridgehead atoms. The lowest BCUT2D eigenvalue weighted by atomic mass is 10.00. The number of urea groups is 2. The summed E-state index contributed by atoms with van der Waals surface area (Å²) in [4.78, 5) is 50.8. The van der Waals surface area contributed by atoms with Gasteiger partial charge >= 0.3 is 12.1 Å². The zero-order valence-electron chi connectivity index (χ0n) is 26.3. The van der Waals surface area contributed by atoms with E-state index in [4.69, 9.17) is 23.8 Å². The van der Waals surface area contributed by atoms with Gasteiger partial charge in [-0.15, -0.1) is 17.8 Å². The fraction of sp³-hybridized carbons (Fsp3) is 0.545. The monoisotopic (exact) mass is 666 g/mol. The van der Waals surface area contributed by atoms with Crippen molar-refractivity contribution < 1.29 is 14.4 Å². The maximum atomic E-state index is 14.0. The molecule has 2 aromatic rings. The molecule has 0 radical (unpaired) electrons. The summed E-state index contributed by atoms with van der Waals surface area (Å²) in [5, 5.41) is 10.4. The SMILES string of the molecule is C#Cc1cc(C[C@@H](NC(=O)N2CCC(N3Cc4cscc4NC3=O)CC2)C(=O)N2CCN(C3CCN(C)CC3)CC2)cc(Cl)c1N. The molecule has 13 heteroatoms. The molecule has 0 unspecified atom stereocenters. The molecule has 5 amide bonds. The lowest BCUT2D eigenvalue weighted by molar-refractivity contribution is -0.135.